The van der Waals surface area contributed by atoms with Crippen molar-refractivity contribution in [3.05, 3.63) is 42.5 Å². The number of hydrogen-bond donors (Lipinski definition) is 0. The van der Waals surface area contributed by atoms with Gasteiger partial charge in [0.1, 0.15) is 5.75 Å². The van der Waals surface area contributed by atoms with Crippen LogP contribution < -0.4 is 4.74 Å². The highest BCUT2D eigenvalue weighted by Gasteiger charge is 2.66. The van der Waals surface area contributed by atoms with Crippen LogP contribution in [0.4, 0.5) is 0 Å². The van der Waals surface area contributed by atoms with E-state index in [1.54, 1.807) is 24.3 Å². The summed E-state index contributed by atoms with van der Waals surface area (Å²) in [5.74, 6) is 1.10. The Morgan fingerprint density at radius 3 is 2.20 bits per heavy atom. The number of amides is 2. The molecule has 2 amide bonds. The van der Waals surface area contributed by atoms with E-state index < -0.39 is 5.97 Å². The van der Waals surface area contributed by atoms with Gasteiger partial charge in [-0.25, -0.2) is 0 Å². The molecule has 6 rings (SSSR count). The topological polar surface area (TPSA) is 63.7 Å². The van der Waals surface area contributed by atoms with Gasteiger partial charge in [-0.3, -0.25) is 19.3 Å². The number of rotatable bonds is 4. The van der Waals surface area contributed by atoms with Crippen LogP contribution in [0.2, 0.25) is 0 Å². The molecule has 4 aliphatic carbocycles. The molecule has 2 saturated carbocycles. The Hall–Kier alpha value is -2.43. The number of nitrogens with zero attached hydrogens (tertiary/aromatic N) is 1. The molecule has 1 heterocycles. The third kappa shape index (κ3) is 2.18. The number of carbonyl (C=O) groups excluding carboxylic acids is 3. The minimum absolute atomic E-state index is 0.0292. The van der Waals surface area contributed by atoms with Crippen LogP contribution in [0.25, 0.3) is 0 Å². The van der Waals surface area contributed by atoms with Crippen molar-refractivity contribution in [3.8, 4) is 5.75 Å². The Balaban J connectivity index is 1.26. The van der Waals surface area contributed by atoms with Crippen LogP contribution in [0.3, 0.4) is 0 Å². The first kappa shape index (κ1) is 14.9. The molecule has 5 nitrogen and oxygen atoms in total. The summed E-state index contributed by atoms with van der Waals surface area (Å²) in [5.41, 5.74) is 0. The van der Waals surface area contributed by atoms with Crippen molar-refractivity contribution in [2.75, 3.05) is 6.54 Å². The normalized spacial score (nSPS) is 37.0. The maximum absolute atomic E-state index is 12.8. The molecule has 5 aliphatic rings. The Morgan fingerprint density at radius 1 is 1.00 bits per heavy atom. The average Bonchev–Trinajstić information content (AvgIpc) is 3.40. The fourth-order valence-electron chi connectivity index (χ4n) is 5.11. The van der Waals surface area contributed by atoms with Crippen LogP contribution in [0.1, 0.15) is 12.8 Å². The van der Waals surface area contributed by atoms with Gasteiger partial charge >= 0.3 is 5.97 Å². The van der Waals surface area contributed by atoms with Crippen molar-refractivity contribution in [2.24, 2.45) is 35.5 Å². The Kier molecular flexibility index (Phi) is 3.14. The summed E-state index contributed by atoms with van der Waals surface area (Å²) in [7, 11) is 0. The van der Waals surface area contributed by atoms with Gasteiger partial charge in [-0.15, -0.1) is 0 Å². The number of ether oxygens (including phenoxy) is 1. The van der Waals surface area contributed by atoms with Crippen LogP contribution in [-0.4, -0.2) is 29.2 Å². The molecular formula is C20H19NO4. The summed E-state index contributed by atoms with van der Waals surface area (Å²) >= 11 is 0. The molecule has 128 valence electrons. The molecule has 5 heteroatoms. The predicted octanol–water partition coefficient (Wildman–Crippen LogP) is 2.04. The Labute approximate surface area is 145 Å². The van der Waals surface area contributed by atoms with E-state index in [0.29, 0.717) is 17.6 Å². The van der Waals surface area contributed by atoms with Crippen molar-refractivity contribution in [2.45, 2.75) is 12.8 Å². The lowest BCUT2D eigenvalue weighted by molar-refractivity contribution is -0.141. The van der Waals surface area contributed by atoms with E-state index in [0.717, 1.165) is 6.42 Å². The van der Waals surface area contributed by atoms with Gasteiger partial charge in [-0.2, -0.15) is 0 Å². The minimum atomic E-state index is -0.425. The van der Waals surface area contributed by atoms with E-state index in [9.17, 15) is 14.4 Å². The molecule has 25 heavy (non-hydrogen) atoms. The van der Waals surface area contributed by atoms with Crippen LogP contribution in [0.15, 0.2) is 42.5 Å². The van der Waals surface area contributed by atoms with Crippen molar-refractivity contribution >= 4 is 17.8 Å². The highest BCUT2D eigenvalue weighted by Crippen LogP contribution is 2.65. The standard InChI is InChI=1S/C20H19NO4/c22-16(25-11-4-2-1-3-5-11)8-9-21-19(23)17-12-6-7-13(15-10-14(12)15)18(17)20(21)24/h1-7,12-15,17-18H,8-10H2/t12-,13-,14-,15-,17+,18+/m0/s1. The largest absolute Gasteiger partial charge is 0.426 e. The van der Waals surface area contributed by atoms with Crippen molar-refractivity contribution in [1.29, 1.82) is 0 Å². The highest BCUT2D eigenvalue weighted by atomic mass is 16.5. The number of esters is 1. The molecular weight excluding hydrogens is 318 g/mol. The fourth-order valence-corrected chi connectivity index (χ4v) is 5.11. The summed E-state index contributed by atoms with van der Waals surface area (Å²) in [6.07, 6.45) is 5.48. The van der Waals surface area contributed by atoms with E-state index in [-0.39, 0.29) is 48.5 Å². The number of benzene rings is 1. The van der Waals surface area contributed by atoms with Crippen molar-refractivity contribution < 1.29 is 19.1 Å². The highest BCUT2D eigenvalue weighted by molar-refractivity contribution is 6.06. The number of likely N-dealkylation sites (tertiary alicyclic amines) is 1. The van der Waals surface area contributed by atoms with Gasteiger partial charge in [0.05, 0.1) is 18.3 Å². The number of allylic oxidation sites excluding steroid dienone is 2. The van der Waals surface area contributed by atoms with Gasteiger partial charge in [0.15, 0.2) is 0 Å². The number of para-hydroxylation sites is 1. The van der Waals surface area contributed by atoms with Crippen LogP contribution in [0.5, 0.6) is 5.75 Å². The minimum Gasteiger partial charge on any atom is -0.426 e. The lowest BCUT2D eigenvalue weighted by Gasteiger charge is -2.37. The second kappa shape index (κ2) is 5.28. The summed E-state index contributed by atoms with van der Waals surface area (Å²) in [6, 6.07) is 8.82. The number of imide groups is 1. The molecule has 1 aromatic rings. The molecule has 0 unspecified atom stereocenters. The maximum Gasteiger partial charge on any atom is 0.312 e. The third-order valence-corrected chi connectivity index (χ3v) is 6.27. The molecule has 2 bridgehead atoms. The molecule has 1 aromatic carbocycles. The summed E-state index contributed by atoms with van der Waals surface area (Å²) < 4.78 is 5.24. The Bertz CT molecular complexity index is 750. The zero-order valence-electron chi connectivity index (χ0n) is 13.7. The molecule has 0 N–H and O–H groups in total. The molecule has 3 fully saturated rings. The number of carbonyl (C=O) groups is 3. The number of hydrogen-bond acceptors (Lipinski definition) is 4. The molecule has 0 aromatic heterocycles. The molecule has 1 saturated heterocycles. The Morgan fingerprint density at radius 2 is 1.60 bits per heavy atom. The van der Waals surface area contributed by atoms with E-state index >= 15 is 0 Å². The monoisotopic (exact) mass is 337 g/mol. The quantitative estimate of drug-likeness (QED) is 0.365. The first-order valence-electron chi connectivity index (χ1n) is 8.94. The maximum atomic E-state index is 12.8. The summed E-state index contributed by atoms with van der Waals surface area (Å²) in [5, 5.41) is 0. The molecule has 6 atom stereocenters. The van der Waals surface area contributed by atoms with Gasteiger partial charge in [0.2, 0.25) is 11.8 Å². The van der Waals surface area contributed by atoms with E-state index in [1.807, 2.05) is 6.07 Å². The third-order valence-electron chi connectivity index (χ3n) is 6.27. The smallest absolute Gasteiger partial charge is 0.312 e. The van der Waals surface area contributed by atoms with Gasteiger partial charge < -0.3 is 4.74 Å². The van der Waals surface area contributed by atoms with Crippen molar-refractivity contribution in [1.82, 2.24) is 4.90 Å². The van der Waals surface area contributed by atoms with Crippen LogP contribution in [-0.2, 0) is 14.4 Å². The van der Waals surface area contributed by atoms with Gasteiger partial charge in [-0.05, 0) is 42.2 Å². The average molecular weight is 337 g/mol. The first-order valence-corrected chi connectivity index (χ1v) is 8.94. The molecule has 1 aliphatic heterocycles. The first-order chi connectivity index (χ1) is 12.1. The van der Waals surface area contributed by atoms with Crippen LogP contribution in [0, 0.1) is 35.5 Å². The van der Waals surface area contributed by atoms with Gasteiger partial charge in [0, 0.05) is 6.54 Å². The van der Waals surface area contributed by atoms with E-state index in [1.165, 1.54) is 4.90 Å². The molecule has 0 radical (unpaired) electrons. The fraction of sp³-hybridized carbons (Fsp3) is 0.450. The summed E-state index contributed by atoms with van der Waals surface area (Å²) in [6.45, 7) is 0.116. The lowest BCUT2D eigenvalue weighted by Crippen LogP contribution is -2.40. The second-order valence-electron chi connectivity index (χ2n) is 7.52. The van der Waals surface area contributed by atoms with Crippen LogP contribution >= 0.6 is 0 Å². The molecule has 0 spiro atoms. The predicted molar refractivity (Wildman–Crippen MR) is 88.1 cm³/mol. The zero-order chi connectivity index (χ0) is 17.1. The summed E-state index contributed by atoms with van der Waals surface area (Å²) in [4.78, 5) is 38.9. The van der Waals surface area contributed by atoms with Gasteiger partial charge in [0.25, 0.3) is 0 Å². The lowest BCUT2D eigenvalue weighted by atomic mass is 9.63. The SMILES string of the molecule is O=C(CCN1C(=O)[C@@H]2[C@H]3C=C[C@@H]([C@@H]4C[C@@H]34)[C@H]2C1=O)Oc1ccccc1. The second-order valence-corrected chi connectivity index (χ2v) is 7.52. The van der Waals surface area contributed by atoms with Crippen molar-refractivity contribution in [3.63, 3.8) is 0 Å². The zero-order valence-corrected chi connectivity index (χ0v) is 13.7. The van der Waals surface area contributed by atoms with E-state index in [2.05, 4.69) is 12.2 Å². The van der Waals surface area contributed by atoms with Gasteiger partial charge in [-0.1, -0.05) is 30.4 Å². The van der Waals surface area contributed by atoms with E-state index in [4.69, 9.17) is 4.74 Å².